The first-order valence-electron chi connectivity index (χ1n) is 9.31. The molecule has 6 nitrogen and oxygen atoms in total. The number of nitrogens with zero attached hydrogens (tertiary/aromatic N) is 2. The predicted molar refractivity (Wildman–Crippen MR) is 114 cm³/mol. The van der Waals surface area contributed by atoms with Crippen molar-refractivity contribution in [2.24, 2.45) is 0 Å². The number of carbonyl (C=O) groups is 1. The van der Waals surface area contributed by atoms with E-state index in [2.05, 4.69) is 16.0 Å². The van der Waals surface area contributed by atoms with Gasteiger partial charge in [0.1, 0.15) is 11.8 Å². The van der Waals surface area contributed by atoms with Crippen LogP contribution in [-0.2, 0) is 11.3 Å². The molecule has 0 aliphatic heterocycles. The summed E-state index contributed by atoms with van der Waals surface area (Å²) in [7, 11) is 0. The van der Waals surface area contributed by atoms with Gasteiger partial charge >= 0.3 is 6.09 Å². The summed E-state index contributed by atoms with van der Waals surface area (Å²) in [5.74, 6) is 0.759. The number of carbonyl (C=O) groups excluding carboxylic acids is 1. The van der Waals surface area contributed by atoms with E-state index < -0.39 is 6.09 Å². The van der Waals surface area contributed by atoms with Crippen LogP contribution in [0.15, 0.2) is 42.5 Å². The maximum Gasteiger partial charge on any atom is 0.412 e. The van der Waals surface area contributed by atoms with Crippen LogP contribution in [0.5, 0.6) is 5.75 Å². The van der Waals surface area contributed by atoms with Crippen LogP contribution >= 0.6 is 11.6 Å². The number of nitrogens with one attached hydrogen (secondary N) is 1. The molecule has 0 unspecified atom stereocenters. The van der Waals surface area contributed by atoms with E-state index in [0.717, 1.165) is 27.9 Å². The van der Waals surface area contributed by atoms with Crippen LogP contribution in [0.25, 0.3) is 22.2 Å². The van der Waals surface area contributed by atoms with Crippen molar-refractivity contribution in [1.82, 2.24) is 4.57 Å². The Hall–Kier alpha value is -3.17. The number of fused-ring (bicyclic) bond motifs is 1. The van der Waals surface area contributed by atoms with E-state index in [-0.39, 0.29) is 12.2 Å². The summed E-state index contributed by atoms with van der Waals surface area (Å²) in [6.07, 6.45) is -0.577. The number of rotatable bonds is 6. The number of ether oxygens (including phenoxy) is 2. The zero-order valence-electron chi connectivity index (χ0n) is 16.5. The first-order chi connectivity index (χ1) is 14.0. The van der Waals surface area contributed by atoms with E-state index in [1.807, 2.05) is 57.2 Å². The molecule has 0 atom stereocenters. The summed E-state index contributed by atoms with van der Waals surface area (Å²) in [5, 5.41) is 13.4. The van der Waals surface area contributed by atoms with Crippen LogP contribution < -0.4 is 10.1 Å². The number of hydrogen-bond acceptors (Lipinski definition) is 4. The van der Waals surface area contributed by atoms with Gasteiger partial charge in [-0.25, -0.2) is 4.79 Å². The lowest BCUT2D eigenvalue weighted by atomic mass is 10.1. The summed E-state index contributed by atoms with van der Waals surface area (Å²) >= 11 is 5.43. The molecule has 3 aromatic rings. The molecule has 0 radical (unpaired) electrons. The number of alkyl halides is 1. The Balaban J connectivity index is 2.14. The minimum atomic E-state index is -0.635. The molecule has 0 aliphatic carbocycles. The van der Waals surface area contributed by atoms with Gasteiger partial charge in [0.15, 0.2) is 6.07 Å². The molecule has 1 heterocycles. The number of aromatic nitrogens is 1. The van der Waals surface area contributed by atoms with Crippen molar-refractivity contribution in [2.45, 2.75) is 33.4 Å². The number of anilines is 1. The normalized spacial score (nSPS) is 10.8. The molecule has 29 heavy (non-hydrogen) atoms. The molecule has 1 aromatic heterocycles. The standard InChI is InChI=1S/C22H22ClN3O3/c1-4-26-20-11-17(29-14(2)3)8-9-18(20)19(12-24)21(26)15-6-5-7-16(10-15)25-22(27)28-13-23/h5-11,14H,4,13H2,1-3H3,(H,25,27). The van der Waals surface area contributed by atoms with E-state index >= 15 is 0 Å². The zero-order chi connectivity index (χ0) is 21.0. The molecule has 0 bridgehead atoms. The lowest BCUT2D eigenvalue weighted by Crippen LogP contribution is -2.12. The fourth-order valence-electron chi connectivity index (χ4n) is 3.36. The van der Waals surface area contributed by atoms with Crippen LogP contribution in [0, 0.1) is 11.3 Å². The Morgan fingerprint density at radius 2 is 2.07 bits per heavy atom. The average molecular weight is 412 g/mol. The van der Waals surface area contributed by atoms with Gasteiger partial charge < -0.3 is 14.0 Å². The van der Waals surface area contributed by atoms with Gasteiger partial charge in [-0.1, -0.05) is 23.7 Å². The molecule has 2 aromatic carbocycles. The Labute approximate surface area is 174 Å². The highest BCUT2D eigenvalue weighted by Gasteiger charge is 2.19. The molecular formula is C22H22ClN3O3. The van der Waals surface area contributed by atoms with Gasteiger partial charge in [-0.3, -0.25) is 5.32 Å². The van der Waals surface area contributed by atoms with Crippen molar-refractivity contribution in [3.63, 3.8) is 0 Å². The molecule has 150 valence electrons. The topological polar surface area (TPSA) is 76.3 Å². The second-order valence-corrected chi connectivity index (χ2v) is 6.89. The highest BCUT2D eigenvalue weighted by molar-refractivity contribution is 6.17. The third-order valence-electron chi connectivity index (χ3n) is 4.40. The maximum atomic E-state index is 11.7. The van der Waals surface area contributed by atoms with Crippen LogP contribution in [0.3, 0.4) is 0 Å². The van der Waals surface area contributed by atoms with Crippen LogP contribution in [0.2, 0.25) is 0 Å². The highest BCUT2D eigenvalue weighted by Crippen LogP contribution is 2.36. The summed E-state index contributed by atoms with van der Waals surface area (Å²) in [4.78, 5) is 11.7. The number of halogens is 1. The van der Waals surface area contributed by atoms with E-state index in [4.69, 9.17) is 21.1 Å². The predicted octanol–water partition coefficient (Wildman–Crippen LogP) is 5.73. The monoisotopic (exact) mass is 411 g/mol. The Bertz CT molecular complexity index is 1080. The van der Waals surface area contributed by atoms with Gasteiger partial charge in [-0.05, 0) is 45.0 Å². The SMILES string of the molecule is CCn1c(-c2cccc(NC(=O)OCCl)c2)c(C#N)c2ccc(OC(C)C)cc21. The molecule has 0 saturated heterocycles. The van der Waals surface area contributed by atoms with E-state index in [1.165, 1.54) is 0 Å². The number of aryl methyl sites for hydroxylation is 1. The molecule has 0 fully saturated rings. The Morgan fingerprint density at radius 3 is 2.72 bits per heavy atom. The first kappa shape index (κ1) is 20.6. The molecule has 3 rings (SSSR count). The molecule has 0 spiro atoms. The van der Waals surface area contributed by atoms with Crippen molar-refractivity contribution in [3.05, 3.63) is 48.0 Å². The summed E-state index contributed by atoms with van der Waals surface area (Å²) < 4.78 is 12.6. The Morgan fingerprint density at radius 1 is 1.28 bits per heavy atom. The van der Waals surface area contributed by atoms with Crippen molar-refractivity contribution >= 4 is 34.3 Å². The molecule has 1 N–H and O–H groups in total. The minimum Gasteiger partial charge on any atom is -0.491 e. The lowest BCUT2D eigenvalue weighted by Gasteiger charge is -2.12. The van der Waals surface area contributed by atoms with E-state index in [1.54, 1.807) is 6.07 Å². The molecule has 7 heteroatoms. The van der Waals surface area contributed by atoms with Gasteiger partial charge in [0.25, 0.3) is 0 Å². The summed E-state index contributed by atoms with van der Waals surface area (Å²) in [5.41, 5.74) is 3.67. The van der Waals surface area contributed by atoms with Crippen molar-refractivity contribution in [1.29, 1.82) is 5.26 Å². The average Bonchev–Trinajstić information content (AvgIpc) is 3.00. The third kappa shape index (κ3) is 4.30. The molecule has 0 saturated carbocycles. The maximum absolute atomic E-state index is 11.7. The van der Waals surface area contributed by atoms with E-state index in [9.17, 15) is 10.1 Å². The number of amides is 1. The summed E-state index contributed by atoms with van der Waals surface area (Å²) in [6, 6.07) is 15.2. The quantitative estimate of drug-likeness (QED) is 0.525. The van der Waals surface area contributed by atoms with Crippen molar-refractivity contribution in [2.75, 3.05) is 11.4 Å². The zero-order valence-corrected chi connectivity index (χ0v) is 17.3. The highest BCUT2D eigenvalue weighted by atomic mass is 35.5. The van der Waals surface area contributed by atoms with Gasteiger partial charge in [0.2, 0.25) is 0 Å². The van der Waals surface area contributed by atoms with Gasteiger partial charge in [-0.15, -0.1) is 0 Å². The summed E-state index contributed by atoms with van der Waals surface area (Å²) in [6.45, 7) is 6.65. The fraction of sp³-hybridized carbons (Fsp3) is 0.273. The molecular weight excluding hydrogens is 390 g/mol. The van der Waals surface area contributed by atoms with Crippen LogP contribution in [-0.4, -0.2) is 22.8 Å². The number of benzene rings is 2. The van der Waals surface area contributed by atoms with Gasteiger partial charge in [-0.2, -0.15) is 5.26 Å². The smallest absolute Gasteiger partial charge is 0.412 e. The molecule has 0 aliphatic rings. The van der Waals surface area contributed by atoms with Gasteiger partial charge in [0.05, 0.1) is 22.9 Å². The van der Waals surface area contributed by atoms with Crippen molar-refractivity contribution < 1.29 is 14.3 Å². The largest absolute Gasteiger partial charge is 0.491 e. The lowest BCUT2D eigenvalue weighted by molar-refractivity contribution is 0.180. The number of nitriles is 1. The first-order valence-corrected chi connectivity index (χ1v) is 9.85. The second kappa shape index (κ2) is 8.89. The third-order valence-corrected chi connectivity index (χ3v) is 4.51. The minimum absolute atomic E-state index is 0.0582. The van der Waals surface area contributed by atoms with Gasteiger partial charge in [0, 0.05) is 29.2 Å². The van der Waals surface area contributed by atoms with Crippen LogP contribution in [0.4, 0.5) is 10.5 Å². The Kier molecular flexibility index (Phi) is 6.30. The van der Waals surface area contributed by atoms with Crippen molar-refractivity contribution in [3.8, 4) is 23.1 Å². The molecule has 1 amide bonds. The fourth-order valence-corrected chi connectivity index (χ4v) is 3.46. The second-order valence-electron chi connectivity index (χ2n) is 6.67. The van der Waals surface area contributed by atoms with Crippen LogP contribution in [0.1, 0.15) is 26.3 Å². The van der Waals surface area contributed by atoms with E-state index in [0.29, 0.717) is 17.8 Å². The number of hydrogen-bond donors (Lipinski definition) is 1.